The quantitative estimate of drug-likeness (QED) is 0.245. The summed E-state index contributed by atoms with van der Waals surface area (Å²) in [6.45, 7) is 7.77. The summed E-state index contributed by atoms with van der Waals surface area (Å²) >= 11 is 0. The third-order valence-corrected chi connectivity index (χ3v) is 7.33. The summed E-state index contributed by atoms with van der Waals surface area (Å²) in [7, 11) is 0. The Morgan fingerprint density at radius 3 is 2.50 bits per heavy atom. The molecule has 3 atom stereocenters. The number of carbonyl (C=O) groups is 3. The monoisotopic (exact) mass is 550 g/mol. The fourth-order valence-electron chi connectivity index (χ4n) is 5.49. The highest BCUT2D eigenvalue weighted by molar-refractivity contribution is 6.12. The van der Waals surface area contributed by atoms with Crippen molar-refractivity contribution in [1.82, 2.24) is 10.3 Å². The van der Waals surface area contributed by atoms with Crippen LogP contribution in [0.5, 0.6) is 5.75 Å². The maximum Gasteiger partial charge on any atom is 0.341 e. The first-order chi connectivity index (χ1) is 19.1. The third kappa shape index (κ3) is 5.10. The Balaban J connectivity index is 1.60. The minimum Gasteiger partial charge on any atom is -0.493 e. The minimum absolute atomic E-state index is 0.127. The molecule has 0 saturated carbocycles. The van der Waals surface area contributed by atoms with Crippen LogP contribution in [-0.2, 0) is 31.3 Å². The average molecular weight is 551 g/mol. The van der Waals surface area contributed by atoms with Crippen molar-refractivity contribution in [2.45, 2.75) is 51.6 Å². The van der Waals surface area contributed by atoms with Crippen molar-refractivity contribution in [3.8, 4) is 5.75 Å². The van der Waals surface area contributed by atoms with E-state index in [1.54, 1.807) is 36.4 Å². The Morgan fingerprint density at radius 2 is 1.82 bits per heavy atom. The van der Waals surface area contributed by atoms with E-state index in [4.69, 9.17) is 14.2 Å². The SMILES string of the molecule is CCOc1ccccc1C(=O)c1ccc2[nH]c3c(c2c1)CC(CNCC(C)C)CC31OC(=O)C(O)C(O)C(=O)O1. The summed E-state index contributed by atoms with van der Waals surface area (Å²) in [6.07, 6.45) is -3.44. The number of aromatic amines is 1. The van der Waals surface area contributed by atoms with Gasteiger partial charge in [0, 0.05) is 22.9 Å². The van der Waals surface area contributed by atoms with Crippen LogP contribution in [0.2, 0.25) is 0 Å². The Kier molecular flexibility index (Phi) is 7.67. The number of aromatic nitrogens is 1. The van der Waals surface area contributed by atoms with Gasteiger partial charge >= 0.3 is 11.9 Å². The number of ether oxygens (including phenoxy) is 3. The van der Waals surface area contributed by atoms with Gasteiger partial charge in [-0.25, -0.2) is 9.59 Å². The molecule has 1 fully saturated rings. The summed E-state index contributed by atoms with van der Waals surface area (Å²) in [5.41, 5.74) is 2.63. The Labute approximate surface area is 231 Å². The van der Waals surface area contributed by atoms with Gasteiger partial charge in [-0.1, -0.05) is 26.0 Å². The summed E-state index contributed by atoms with van der Waals surface area (Å²) in [4.78, 5) is 42.2. The van der Waals surface area contributed by atoms with Crippen LogP contribution in [0.25, 0.3) is 10.9 Å². The molecular weight excluding hydrogens is 516 g/mol. The minimum atomic E-state index is -2.06. The van der Waals surface area contributed by atoms with Crippen LogP contribution >= 0.6 is 0 Å². The van der Waals surface area contributed by atoms with Crippen LogP contribution in [0.15, 0.2) is 42.5 Å². The summed E-state index contributed by atoms with van der Waals surface area (Å²) in [6, 6.07) is 12.3. The van der Waals surface area contributed by atoms with E-state index in [0.717, 1.165) is 17.5 Å². The van der Waals surface area contributed by atoms with Crippen LogP contribution < -0.4 is 10.1 Å². The van der Waals surface area contributed by atoms with E-state index in [-0.39, 0.29) is 18.1 Å². The molecule has 4 N–H and O–H groups in total. The van der Waals surface area contributed by atoms with E-state index in [0.29, 0.717) is 53.6 Å². The number of fused-ring (bicyclic) bond motifs is 4. The first-order valence-corrected chi connectivity index (χ1v) is 13.6. The molecule has 3 unspecified atom stereocenters. The number of carbonyl (C=O) groups excluding carboxylic acids is 3. The second-order valence-corrected chi connectivity index (χ2v) is 10.8. The van der Waals surface area contributed by atoms with E-state index < -0.39 is 29.9 Å². The first kappa shape index (κ1) is 27.8. The number of hydrogen-bond donors (Lipinski definition) is 4. The molecule has 0 bridgehead atoms. The van der Waals surface area contributed by atoms with E-state index in [1.165, 1.54) is 0 Å². The van der Waals surface area contributed by atoms with Crippen LogP contribution in [0.1, 0.15) is 54.4 Å². The van der Waals surface area contributed by atoms with Gasteiger partial charge in [0.05, 0.1) is 12.2 Å². The van der Waals surface area contributed by atoms with Gasteiger partial charge in [-0.2, -0.15) is 0 Å². The molecular formula is C30H34N2O8. The average Bonchev–Trinajstić information content (AvgIpc) is 3.27. The second-order valence-electron chi connectivity index (χ2n) is 10.8. The predicted octanol–water partition coefficient (Wildman–Crippen LogP) is 2.58. The topological polar surface area (TPSA) is 147 Å². The molecule has 0 radical (unpaired) electrons. The molecule has 1 aliphatic heterocycles. The van der Waals surface area contributed by atoms with Gasteiger partial charge in [0.15, 0.2) is 18.0 Å². The van der Waals surface area contributed by atoms with Crippen molar-refractivity contribution < 1.29 is 38.8 Å². The highest BCUT2D eigenvalue weighted by Gasteiger charge is 2.54. The summed E-state index contributed by atoms with van der Waals surface area (Å²) < 4.78 is 17.0. The lowest BCUT2D eigenvalue weighted by molar-refractivity contribution is -0.241. The molecule has 1 aliphatic carbocycles. The lowest BCUT2D eigenvalue weighted by Gasteiger charge is -2.38. The lowest BCUT2D eigenvalue weighted by Crippen LogP contribution is -2.44. The van der Waals surface area contributed by atoms with Crippen molar-refractivity contribution in [2.75, 3.05) is 19.7 Å². The molecule has 10 nitrogen and oxygen atoms in total. The molecule has 2 aliphatic rings. The molecule has 212 valence electrons. The Bertz CT molecular complexity index is 1420. The van der Waals surface area contributed by atoms with E-state index in [9.17, 15) is 24.6 Å². The van der Waals surface area contributed by atoms with E-state index in [2.05, 4.69) is 24.1 Å². The maximum absolute atomic E-state index is 13.5. The number of benzene rings is 2. The van der Waals surface area contributed by atoms with E-state index >= 15 is 0 Å². The number of para-hydroxylation sites is 1. The van der Waals surface area contributed by atoms with Gasteiger partial charge in [-0.3, -0.25) is 4.79 Å². The normalized spacial score (nSPS) is 24.5. The van der Waals surface area contributed by atoms with Crippen molar-refractivity contribution in [3.05, 3.63) is 64.8 Å². The van der Waals surface area contributed by atoms with Crippen molar-refractivity contribution in [2.24, 2.45) is 11.8 Å². The zero-order chi connectivity index (χ0) is 28.6. The van der Waals surface area contributed by atoms with Crippen molar-refractivity contribution in [1.29, 1.82) is 0 Å². The predicted molar refractivity (Wildman–Crippen MR) is 145 cm³/mol. The fourth-order valence-corrected chi connectivity index (χ4v) is 5.49. The molecule has 10 heteroatoms. The molecule has 0 amide bonds. The van der Waals surface area contributed by atoms with Gasteiger partial charge in [0.25, 0.3) is 5.79 Å². The van der Waals surface area contributed by atoms with Gasteiger partial charge in [0.1, 0.15) is 11.4 Å². The smallest absolute Gasteiger partial charge is 0.341 e. The number of rotatable bonds is 8. The number of aliphatic hydroxyl groups excluding tert-OH is 2. The third-order valence-electron chi connectivity index (χ3n) is 7.33. The second kappa shape index (κ2) is 11.0. The van der Waals surface area contributed by atoms with Gasteiger partial charge < -0.3 is 34.7 Å². The fraction of sp³-hybridized carbons (Fsp3) is 0.433. The van der Waals surface area contributed by atoms with Crippen LogP contribution in [0.4, 0.5) is 0 Å². The van der Waals surface area contributed by atoms with E-state index in [1.807, 2.05) is 13.0 Å². The lowest BCUT2D eigenvalue weighted by atomic mass is 9.81. The van der Waals surface area contributed by atoms with Crippen LogP contribution in [0.3, 0.4) is 0 Å². The highest BCUT2D eigenvalue weighted by Crippen LogP contribution is 2.46. The largest absolute Gasteiger partial charge is 0.493 e. The zero-order valence-corrected chi connectivity index (χ0v) is 22.7. The first-order valence-electron chi connectivity index (χ1n) is 13.6. The summed E-state index contributed by atoms with van der Waals surface area (Å²) in [5, 5.41) is 24.4. The van der Waals surface area contributed by atoms with Gasteiger partial charge in [-0.15, -0.1) is 0 Å². The Hall–Kier alpha value is -3.73. The maximum atomic E-state index is 13.5. The molecule has 1 spiro atoms. The van der Waals surface area contributed by atoms with Crippen LogP contribution in [-0.4, -0.2) is 64.8 Å². The Morgan fingerprint density at radius 1 is 1.12 bits per heavy atom. The van der Waals surface area contributed by atoms with Gasteiger partial charge in [-0.05, 0) is 74.2 Å². The molecule has 1 saturated heterocycles. The van der Waals surface area contributed by atoms with Crippen LogP contribution in [0, 0.1) is 11.8 Å². The molecule has 3 aromatic rings. The zero-order valence-electron chi connectivity index (χ0n) is 22.7. The van der Waals surface area contributed by atoms with Crippen molar-refractivity contribution in [3.63, 3.8) is 0 Å². The van der Waals surface area contributed by atoms with Crippen molar-refractivity contribution >= 4 is 28.6 Å². The summed E-state index contributed by atoms with van der Waals surface area (Å²) in [5.74, 6) is -3.60. The number of nitrogens with one attached hydrogen (secondary N) is 2. The number of hydrogen-bond acceptors (Lipinski definition) is 9. The molecule has 2 heterocycles. The number of esters is 2. The molecule has 2 aromatic carbocycles. The molecule has 40 heavy (non-hydrogen) atoms. The number of aliphatic hydroxyl groups is 2. The van der Waals surface area contributed by atoms with Gasteiger partial charge in [0.2, 0.25) is 0 Å². The highest BCUT2D eigenvalue weighted by atomic mass is 16.7. The molecule has 5 rings (SSSR count). The standard InChI is InChI=1S/C30H34N2O8/c1-4-38-23-8-6-5-7-19(23)24(33)18-9-10-22-20(12-18)21-11-17(15-31-14-16(2)3)13-30(27(21)32-22)39-28(36)25(34)26(35)29(37)40-30/h5-10,12,16-17,25-26,31-32,34-35H,4,11,13-15H2,1-3H3. The molecule has 1 aromatic heterocycles. The number of H-pyrrole nitrogens is 1. The number of ketones is 1.